The van der Waals surface area contributed by atoms with Crippen LogP contribution in [0, 0.1) is 0 Å². The summed E-state index contributed by atoms with van der Waals surface area (Å²) in [7, 11) is 1.63. The summed E-state index contributed by atoms with van der Waals surface area (Å²) in [6, 6.07) is 5.55. The van der Waals surface area contributed by atoms with Crippen LogP contribution in [0.4, 0.5) is 11.4 Å². The summed E-state index contributed by atoms with van der Waals surface area (Å²) < 4.78 is 5.89. The van der Waals surface area contributed by atoms with E-state index in [0.717, 1.165) is 11.4 Å². The van der Waals surface area contributed by atoms with E-state index in [-0.39, 0.29) is 18.1 Å². The standard InChI is InChI=1S/C13H19N3O2/c1-13(2)8-16(7-11(17)15-3)12-9(14)5-4-6-10(12)18-13/h4-6H,7-8,14H2,1-3H3,(H,15,17). The van der Waals surface area contributed by atoms with Gasteiger partial charge in [-0.05, 0) is 26.0 Å². The highest BCUT2D eigenvalue weighted by molar-refractivity contribution is 5.85. The second-order valence-corrected chi connectivity index (χ2v) is 5.08. The number of fused-ring (bicyclic) bond motifs is 1. The van der Waals surface area contributed by atoms with E-state index in [0.29, 0.717) is 12.2 Å². The molecular formula is C13H19N3O2. The molecule has 1 aliphatic rings. The van der Waals surface area contributed by atoms with Crippen molar-refractivity contribution >= 4 is 17.3 Å². The van der Waals surface area contributed by atoms with Gasteiger partial charge in [-0.25, -0.2) is 0 Å². The summed E-state index contributed by atoms with van der Waals surface area (Å²) in [6.45, 7) is 4.90. The third-order valence-corrected chi connectivity index (χ3v) is 2.92. The van der Waals surface area contributed by atoms with Crippen LogP contribution in [0.15, 0.2) is 18.2 Å². The Morgan fingerprint density at radius 1 is 1.56 bits per heavy atom. The molecule has 5 heteroatoms. The average molecular weight is 249 g/mol. The Labute approximate surface area is 107 Å². The highest BCUT2D eigenvalue weighted by Gasteiger charge is 2.33. The van der Waals surface area contributed by atoms with E-state index in [2.05, 4.69) is 5.32 Å². The van der Waals surface area contributed by atoms with Crippen LogP contribution >= 0.6 is 0 Å². The maximum Gasteiger partial charge on any atom is 0.239 e. The summed E-state index contributed by atoms with van der Waals surface area (Å²) in [5.74, 6) is 0.692. The molecule has 18 heavy (non-hydrogen) atoms. The zero-order valence-electron chi connectivity index (χ0n) is 11.0. The first-order chi connectivity index (χ1) is 8.43. The minimum atomic E-state index is -0.338. The molecule has 0 bridgehead atoms. The molecule has 0 fully saturated rings. The molecule has 1 aromatic carbocycles. The second-order valence-electron chi connectivity index (χ2n) is 5.08. The van der Waals surface area contributed by atoms with Crippen LogP contribution < -0.4 is 20.7 Å². The molecule has 1 aromatic rings. The Morgan fingerprint density at radius 2 is 2.28 bits per heavy atom. The molecule has 5 nitrogen and oxygen atoms in total. The number of hydrogen-bond acceptors (Lipinski definition) is 4. The van der Waals surface area contributed by atoms with Crippen molar-refractivity contribution in [2.45, 2.75) is 19.4 Å². The van der Waals surface area contributed by atoms with Crippen molar-refractivity contribution in [1.29, 1.82) is 0 Å². The minimum Gasteiger partial charge on any atom is -0.484 e. The quantitative estimate of drug-likeness (QED) is 0.767. The van der Waals surface area contributed by atoms with Gasteiger partial charge in [-0.15, -0.1) is 0 Å². The molecule has 0 unspecified atom stereocenters. The molecule has 0 saturated heterocycles. The number of nitrogen functional groups attached to an aromatic ring is 1. The van der Waals surface area contributed by atoms with E-state index in [1.807, 2.05) is 36.9 Å². The molecule has 0 aliphatic carbocycles. The number of amides is 1. The van der Waals surface area contributed by atoms with Crippen LogP contribution in [0.3, 0.4) is 0 Å². The highest BCUT2D eigenvalue weighted by atomic mass is 16.5. The predicted octanol–water partition coefficient (Wildman–Crippen LogP) is 0.992. The molecule has 0 radical (unpaired) electrons. The van der Waals surface area contributed by atoms with Crippen LogP contribution in [0.2, 0.25) is 0 Å². The van der Waals surface area contributed by atoms with Gasteiger partial charge in [0.05, 0.1) is 18.8 Å². The smallest absolute Gasteiger partial charge is 0.239 e. The fraction of sp³-hybridized carbons (Fsp3) is 0.462. The van der Waals surface area contributed by atoms with E-state index >= 15 is 0 Å². The lowest BCUT2D eigenvalue weighted by Gasteiger charge is -2.41. The molecule has 1 heterocycles. The van der Waals surface area contributed by atoms with Gasteiger partial charge < -0.3 is 20.7 Å². The number of carbonyl (C=O) groups is 1. The number of rotatable bonds is 2. The Hall–Kier alpha value is -1.91. The third kappa shape index (κ3) is 2.34. The molecule has 0 aromatic heterocycles. The summed E-state index contributed by atoms with van der Waals surface area (Å²) in [6.07, 6.45) is 0. The fourth-order valence-electron chi connectivity index (χ4n) is 2.22. The average Bonchev–Trinajstić information content (AvgIpc) is 2.26. The van der Waals surface area contributed by atoms with Gasteiger partial charge in [0.25, 0.3) is 0 Å². The van der Waals surface area contributed by atoms with Gasteiger partial charge in [0, 0.05) is 7.05 Å². The minimum absolute atomic E-state index is 0.0399. The number of carbonyl (C=O) groups excluding carboxylic acids is 1. The van der Waals surface area contributed by atoms with Crippen LogP contribution in [0.1, 0.15) is 13.8 Å². The molecular weight excluding hydrogens is 230 g/mol. The van der Waals surface area contributed by atoms with Crippen LogP contribution in [0.5, 0.6) is 5.75 Å². The first kappa shape index (κ1) is 12.5. The molecule has 0 saturated carbocycles. The molecule has 3 N–H and O–H groups in total. The lowest BCUT2D eigenvalue weighted by molar-refractivity contribution is -0.119. The second kappa shape index (κ2) is 4.40. The zero-order chi connectivity index (χ0) is 13.3. The Kier molecular flexibility index (Phi) is 3.07. The summed E-state index contributed by atoms with van der Waals surface area (Å²) in [5, 5.41) is 2.63. The van der Waals surface area contributed by atoms with Gasteiger partial charge in [-0.2, -0.15) is 0 Å². The first-order valence-corrected chi connectivity index (χ1v) is 5.96. The molecule has 2 rings (SSSR count). The number of likely N-dealkylation sites (N-methyl/N-ethyl adjacent to an activating group) is 1. The first-order valence-electron chi connectivity index (χ1n) is 5.96. The van der Waals surface area contributed by atoms with Gasteiger partial charge in [-0.1, -0.05) is 6.07 Å². The third-order valence-electron chi connectivity index (χ3n) is 2.92. The van der Waals surface area contributed by atoms with Crippen molar-refractivity contribution in [3.8, 4) is 5.75 Å². The summed E-state index contributed by atoms with van der Waals surface area (Å²) >= 11 is 0. The Bertz CT molecular complexity index is 471. The molecule has 1 amide bonds. The van der Waals surface area contributed by atoms with E-state index in [9.17, 15) is 4.79 Å². The van der Waals surface area contributed by atoms with E-state index in [1.165, 1.54) is 0 Å². The number of para-hydroxylation sites is 1. The van der Waals surface area contributed by atoms with Gasteiger partial charge in [-0.3, -0.25) is 4.79 Å². The van der Waals surface area contributed by atoms with Crippen molar-refractivity contribution < 1.29 is 9.53 Å². The summed E-state index contributed by atoms with van der Waals surface area (Å²) in [4.78, 5) is 13.5. The Balaban J connectivity index is 2.39. The van der Waals surface area contributed by atoms with E-state index in [1.54, 1.807) is 7.05 Å². The zero-order valence-corrected chi connectivity index (χ0v) is 11.0. The lowest BCUT2D eigenvalue weighted by atomic mass is 10.0. The molecule has 0 spiro atoms. The summed E-state index contributed by atoms with van der Waals surface area (Å²) in [5.41, 5.74) is 7.08. The number of nitrogens with zero attached hydrogens (tertiary/aromatic N) is 1. The van der Waals surface area contributed by atoms with Gasteiger partial charge >= 0.3 is 0 Å². The van der Waals surface area contributed by atoms with Crippen LogP contribution in [-0.2, 0) is 4.79 Å². The highest BCUT2D eigenvalue weighted by Crippen LogP contribution is 2.40. The molecule has 0 atom stereocenters. The number of hydrogen-bond donors (Lipinski definition) is 2. The Morgan fingerprint density at radius 3 is 2.94 bits per heavy atom. The SMILES string of the molecule is CNC(=O)CN1CC(C)(C)Oc2cccc(N)c21. The van der Waals surface area contributed by atoms with Crippen molar-refractivity contribution in [3.63, 3.8) is 0 Å². The van der Waals surface area contributed by atoms with Gasteiger partial charge in [0.1, 0.15) is 17.0 Å². The monoisotopic (exact) mass is 249 g/mol. The van der Waals surface area contributed by atoms with Gasteiger partial charge in [0.2, 0.25) is 5.91 Å². The van der Waals surface area contributed by atoms with Gasteiger partial charge in [0.15, 0.2) is 0 Å². The topological polar surface area (TPSA) is 67.6 Å². The maximum atomic E-state index is 11.6. The lowest BCUT2D eigenvalue weighted by Crippen LogP contribution is -2.50. The van der Waals surface area contributed by atoms with E-state index < -0.39 is 0 Å². The number of anilines is 2. The van der Waals surface area contributed by atoms with E-state index in [4.69, 9.17) is 10.5 Å². The number of nitrogens with one attached hydrogen (secondary N) is 1. The molecule has 98 valence electrons. The van der Waals surface area contributed by atoms with Crippen molar-refractivity contribution in [2.75, 3.05) is 30.8 Å². The van der Waals surface area contributed by atoms with Crippen molar-refractivity contribution in [2.24, 2.45) is 0 Å². The van der Waals surface area contributed by atoms with Crippen molar-refractivity contribution in [3.05, 3.63) is 18.2 Å². The number of benzene rings is 1. The normalized spacial score (nSPS) is 16.7. The van der Waals surface area contributed by atoms with Crippen molar-refractivity contribution in [1.82, 2.24) is 5.32 Å². The van der Waals surface area contributed by atoms with Crippen LogP contribution in [0.25, 0.3) is 0 Å². The van der Waals surface area contributed by atoms with Crippen LogP contribution in [-0.4, -0.2) is 31.6 Å². The molecule has 1 aliphatic heterocycles. The number of nitrogens with two attached hydrogens (primary N) is 1. The fourth-order valence-corrected chi connectivity index (χ4v) is 2.22. The number of ether oxygens (including phenoxy) is 1. The predicted molar refractivity (Wildman–Crippen MR) is 71.8 cm³/mol. The maximum absolute atomic E-state index is 11.6. The largest absolute Gasteiger partial charge is 0.484 e.